The quantitative estimate of drug-likeness (QED) is 0.592. The third-order valence-corrected chi connectivity index (χ3v) is 1.64. The van der Waals surface area contributed by atoms with Crippen LogP contribution < -0.4 is 5.73 Å². The summed E-state index contributed by atoms with van der Waals surface area (Å²) in [6.45, 7) is 5.33. The first-order valence-corrected chi connectivity index (χ1v) is 3.44. The molecule has 0 radical (unpaired) electrons. The lowest BCUT2D eigenvalue weighted by molar-refractivity contribution is -0.125. The predicted molar refractivity (Wildman–Crippen MR) is 39.2 cm³/mol. The van der Waals surface area contributed by atoms with Crippen LogP contribution in [0.15, 0.2) is 0 Å². The number of carbonyl (C=O) groups excluding carboxylic acids is 1. The van der Waals surface area contributed by atoms with E-state index in [0.29, 0.717) is 0 Å². The van der Waals surface area contributed by atoms with Crippen LogP contribution >= 0.6 is 0 Å². The van der Waals surface area contributed by atoms with E-state index < -0.39 is 17.9 Å². The highest BCUT2D eigenvalue weighted by atomic mass is 16.3. The van der Waals surface area contributed by atoms with Gasteiger partial charge in [0.05, 0.1) is 12.0 Å². The molecule has 10 heavy (non-hydrogen) atoms. The second-order valence-electron chi connectivity index (χ2n) is 2.93. The van der Waals surface area contributed by atoms with Gasteiger partial charge in [-0.15, -0.1) is 0 Å². The van der Waals surface area contributed by atoms with Crippen molar-refractivity contribution in [3.63, 3.8) is 0 Å². The molecular weight excluding hydrogens is 130 g/mol. The maximum Gasteiger partial charge on any atom is 0.222 e. The van der Waals surface area contributed by atoms with E-state index in [-0.39, 0.29) is 5.92 Å². The normalized spacial score (nSPS) is 16.9. The van der Waals surface area contributed by atoms with Crippen LogP contribution in [0.2, 0.25) is 0 Å². The highest BCUT2D eigenvalue weighted by molar-refractivity contribution is 5.76. The van der Waals surface area contributed by atoms with Crippen LogP contribution in [0.5, 0.6) is 0 Å². The smallest absolute Gasteiger partial charge is 0.222 e. The van der Waals surface area contributed by atoms with E-state index in [1.54, 1.807) is 6.92 Å². The number of carbonyl (C=O) groups is 1. The Balaban J connectivity index is 3.94. The fraction of sp³-hybridized carbons (Fsp3) is 0.857. The first-order valence-electron chi connectivity index (χ1n) is 3.44. The molecule has 0 aromatic carbocycles. The van der Waals surface area contributed by atoms with E-state index in [1.807, 2.05) is 13.8 Å². The molecule has 0 aliphatic heterocycles. The van der Waals surface area contributed by atoms with Gasteiger partial charge >= 0.3 is 0 Å². The van der Waals surface area contributed by atoms with E-state index >= 15 is 0 Å². The lowest BCUT2D eigenvalue weighted by atomic mass is 9.95. The fourth-order valence-corrected chi connectivity index (χ4v) is 0.746. The van der Waals surface area contributed by atoms with Gasteiger partial charge < -0.3 is 10.8 Å². The average molecular weight is 145 g/mol. The molecule has 0 aromatic heterocycles. The molecule has 0 fully saturated rings. The summed E-state index contributed by atoms with van der Waals surface area (Å²) in [4.78, 5) is 10.5. The molecule has 0 aliphatic carbocycles. The summed E-state index contributed by atoms with van der Waals surface area (Å²) < 4.78 is 0. The molecule has 0 heterocycles. The molecule has 0 rings (SSSR count). The van der Waals surface area contributed by atoms with Crippen molar-refractivity contribution in [3.05, 3.63) is 0 Å². The standard InChI is InChI=1S/C7H15NO2/c1-4(2)6(9)5(3)7(8)10/h4-6,9H,1-3H3,(H2,8,10)/t5-,6+/m0/s1. The Labute approximate surface area is 61.2 Å². The van der Waals surface area contributed by atoms with Gasteiger partial charge in [-0.3, -0.25) is 4.79 Å². The second kappa shape index (κ2) is 3.56. The van der Waals surface area contributed by atoms with Gasteiger partial charge in [0.25, 0.3) is 0 Å². The summed E-state index contributed by atoms with van der Waals surface area (Å²) in [6.07, 6.45) is -0.613. The Kier molecular flexibility index (Phi) is 3.36. The molecule has 0 saturated carbocycles. The monoisotopic (exact) mass is 145 g/mol. The fourth-order valence-electron chi connectivity index (χ4n) is 0.746. The number of aliphatic hydroxyl groups is 1. The summed E-state index contributed by atoms with van der Waals surface area (Å²) in [5, 5.41) is 9.26. The van der Waals surface area contributed by atoms with Crippen LogP contribution in [-0.4, -0.2) is 17.1 Å². The largest absolute Gasteiger partial charge is 0.392 e. The lowest BCUT2D eigenvalue weighted by Crippen LogP contribution is -2.34. The highest BCUT2D eigenvalue weighted by Gasteiger charge is 2.21. The molecule has 2 atom stereocenters. The summed E-state index contributed by atoms with van der Waals surface area (Å²) in [6, 6.07) is 0. The van der Waals surface area contributed by atoms with Crippen molar-refractivity contribution < 1.29 is 9.90 Å². The summed E-state index contributed by atoms with van der Waals surface area (Å²) in [7, 11) is 0. The molecule has 1 amide bonds. The highest BCUT2D eigenvalue weighted by Crippen LogP contribution is 2.10. The Morgan fingerprint density at radius 2 is 1.80 bits per heavy atom. The van der Waals surface area contributed by atoms with E-state index in [4.69, 9.17) is 5.73 Å². The van der Waals surface area contributed by atoms with Crippen molar-refractivity contribution in [1.82, 2.24) is 0 Å². The molecule has 0 spiro atoms. The van der Waals surface area contributed by atoms with Crippen LogP contribution in [0.1, 0.15) is 20.8 Å². The van der Waals surface area contributed by atoms with Crippen LogP contribution in [0.4, 0.5) is 0 Å². The second-order valence-corrected chi connectivity index (χ2v) is 2.93. The minimum atomic E-state index is -0.613. The van der Waals surface area contributed by atoms with E-state index in [9.17, 15) is 9.90 Å². The summed E-state index contributed by atoms with van der Waals surface area (Å²) in [5.41, 5.74) is 4.98. The maximum absolute atomic E-state index is 10.5. The van der Waals surface area contributed by atoms with Crippen LogP contribution in [0.25, 0.3) is 0 Å². The van der Waals surface area contributed by atoms with Gasteiger partial charge in [-0.25, -0.2) is 0 Å². The topological polar surface area (TPSA) is 63.3 Å². The number of hydrogen-bond donors (Lipinski definition) is 2. The van der Waals surface area contributed by atoms with Gasteiger partial charge in [-0.05, 0) is 5.92 Å². The molecule has 0 aliphatic rings. The summed E-state index contributed by atoms with van der Waals surface area (Å²) >= 11 is 0. The molecule has 0 bridgehead atoms. The van der Waals surface area contributed by atoms with E-state index in [0.717, 1.165) is 0 Å². The predicted octanol–water partition coefficient (Wildman–Crippen LogP) is 0.125. The van der Waals surface area contributed by atoms with Crippen molar-refractivity contribution in [1.29, 1.82) is 0 Å². The number of primary amides is 1. The molecule has 60 valence electrons. The minimum Gasteiger partial charge on any atom is -0.392 e. The Morgan fingerprint density at radius 3 is 1.90 bits per heavy atom. The van der Waals surface area contributed by atoms with Gasteiger partial charge in [0.1, 0.15) is 0 Å². The van der Waals surface area contributed by atoms with Crippen molar-refractivity contribution >= 4 is 5.91 Å². The third-order valence-electron chi connectivity index (χ3n) is 1.64. The van der Waals surface area contributed by atoms with Crippen LogP contribution in [-0.2, 0) is 4.79 Å². The number of amides is 1. The Morgan fingerprint density at radius 1 is 1.40 bits per heavy atom. The number of aliphatic hydroxyl groups excluding tert-OH is 1. The third kappa shape index (κ3) is 2.35. The number of nitrogens with two attached hydrogens (primary N) is 1. The number of hydrogen-bond acceptors (Lipinski definition) is 2. The molecular formula is C7H15NO2. The molecule has 0 unspecified atom stereocenters. The van der Waals surface area contributed by atoms with Crippen LogP contribution in [0, 0.1) is 11.8 Å². The van der Waals surface area contributed by atoms with Gasteiger partial charge in [0.2, 0.25) is 5.91 Å². The van der Waals surface area contributed by atoms with Gasteiger partial charge in [0, 0.05) is 0 Å². The maximum atomic E-state index is 10.5. The van der Waals surface area contributed by atoms with Crippen LogP contribution in [0.3, 0.4) is 0 Å². The van der Waals surface area contributed by atoms with E-state index in [1.165, 1.54) is 0 Å². The van der Waals surface area contributed by atoms with E-state index in [2.05, 4.69) is 0 Å². The van der Waals surface area contributed by atoms with Crippen molar-refractivity contribution in [3.8, 4) is 0 Å². The first-order chi connectivity index (χ1) is 4.46. The zero-order chi connectivity index (χ0) is 8.31. The summed E-state index contributed by atoms with van der Waals surface area (Å²) in [5.74, 6) is -0.802. The zero-order valence-corrected chi connectivity index (χ0v) is 6.66. The zero-order valence-electron chi connectivity index (χ0n) is 6.66. The average Bonchev–Trinajstić information content (AvgIpc) is 1.84. The number of rotatable bonds is 3. The molecule has 3 heteroatoms. The molecule has 0 saturated heterocycles. The lowest BCUT2D eigenvalue weighted by Gasteiger charge is -2.18. The molecule has 3 nitrogen and oxygen atoms in total. The first kappa shape index (κ1) is 9.43. The van der Waals surface area contributed by atoms with Crippen molar-refractivity contribution in [2.75, 3.05) is 0 Å². The van der Waals surface area contributed by atoms with Crippen molar-refractivity contribution in [2.24, 2.45) is 17.6 Å². The minimum absolute atomic E-state index is 0.0856. The molecule has 3 N–H and O–H groups in total. The Bertz CT molecular complexity index is 123. The van der Waals surface area contributed by atoms with Crippen molar-refractivity contribution in [2.45, 2.75) is 26.9 Å². The Hall–Kier alpha value is -0.570. The SMILES string of the molecule is CC(C)[C@@H](O)[C@H](C)C(N)=O. The van der Waals surface area contributed by atoms with Gasteiger partial charge in [0.15, 0.2) is 0 Å². The van der Waals surface area contributed by atoms with Gasteiger partial charge in [-0.2, -0.15) is 0 Å². The van der Waals surface area contributed by atoms with Gasteiger partial charge in [-0.1, -0.05) is 20.8 Å². The molecule has 0 aromatic rings.